The van der Waals surface area contributed by atoms with Gasteiger partial charge in [0, 0.05) is 10.9 Å². The number of nitrogens with one attached hydrogen (secondary N) is 2. The summed E-state index contributed by atoms with van der Waals surface area (Å²) in [6.07, 6.45) is -0.875. The smallest absolute Gasteiger partial charge is 0.281 e. The second-order valence-corrected chi connectivity index (χ2v) is 7.38. The summed E-state index contributed by atoms with van der Waals surface area (Å²) >= 11 is 2.81. The van der Waals surface area contributed by atoms with E-state index in [4.69, 9.17) is 4.74 Å². The zero-order valence-corrected chi connectivity index (χ0v) is 16.1. The summed E-state index contributed by atoms with van der Waals surface area (Å²) in [4.78, 5) is 29.2. The molecule has 0 aliphatic carbocycles. The molecular weight excluding hydrogens is 389 g/mol. The third-order valence-corrected chi connectivity index (χ3v) is 5.45. The summed E-state index contributed by atoms with van der Waals surface area (Å²) in [5.74, 6) is -1.03. The molecule has 0 unspecified atom stereocenters. The number of nitrogens with zero attached hydrogens (tertiary/aromatic N) is 1. The van der Waals surface area contributed by atoms with Crippen LogP contribution in [0.1, 0.15) is 22.3 Å². The van der Waals surface area contributed by atoms with Crippen molar-refractivity contribution in [2.45, 2.75) is 20.0 Å². The number of hydrogen-bond acceptors (Lipinski definition) is 6. The van der Waals surface area contributed by atoms with Crippen LogP contribution in [0.3, 0.4) is 0 Å². The molecule has 2 N–H and O–H groups in total. The molecule has 0 aliphatic heterocycles. The minimum Gasteiger partial charge on any atom is -0.481 e. The van der Waals surface area contributed by atoms with Crippen molar-refractivity contribution in [3.05, 3.63) is 57.5 Å². The Morgan fingerprint density at radius 3 is 2.59 bits per heavy atom. The molecule has 1 atom stereocenters. The Balaban J connectivity index is 1.57. The molecular formula is C18H16FN3O3S2. The number of thiophene rings is 1. The Morgan fingerprint density at radius 1 is 1.19 bits per heavy atom. The number of rotatable bonds is 5. The number of amides is 2. The number of carbonyl (C=O) groups excluding carboxylic acids is 2. The molecule has 0 fully saturated rings. The third-order valence-electron chi connectivity index (χ3n) is 3.57. The number of ether oxygens (including phenoxy) is 1. The molecule has 0 aliphatic rings. The van der Waals surface area contributed by atoms with Crippen LogP contribution in [-0.2, 0) is 4.79 Å². The van der Waals surface area contributed by atoms with Gasteiger partial charge in [-0.2, -0.15) is 11.3 Å². The average Bonchev–Trinajstić information content (AvgIpc) is 3.30. The van der Waals surface area contributed by atoms with E-state index in [-0.39, 0.29) is 0 Å². The lowest BCUT2D eigenvalue weighted by Gasteiger charge is -2.15. The van der Waals surface area contributed by atoms with E-state index in [2.05, 4.69) is 15.8 Å². The van der Waals surface area contributed by atoms with Crippen LogP contribution >= 0.6 is 22.7 Å². The molecule has 0 radical (unpaired) electrons. The van der Waals surface area contributed by atoms with E-state index in [1.165, 1.54) is 42.5 Å². The lowest BCUT2D eigenvalue weighted by atomic mass is 10.3. The third kappa shape index (κ3) is 4.69. The van der Waals surface area contributed by atoms with Gasteiger partial charge in [0.1, 0.15) is 21.5 Å². The number of carbonyl (C=O) groups is 2. The monoisotopic (exact) mass is 405 g/mol. The maximum atomic E-state index is 12.9. The summed E-state index contributed by atoms with van der Waals surface area (Å²) in [6, 6.07) is 7.24. The largest absolute Gasteiger partial charge is 0.481 e. The highest BCUT2D eigenvalue weighted by Gasteiger charge is 2.19. The first-order valence-corrected chi connectivity index (χ1v) is 9.72. The van der Waals surface area contributed by atoms with Gasteiger partial charge in [0.2, 0.25) is 0 Å². The van der Waals surface area contributed by atoms with Crippen molar-refractivity contribution in [3.8, 4) is 16.3 Å². The standard InChI is InChI=1S/C18H16FN3O3S2/c1-10-15(27-18(20-10)12-7-8-26-9-12)17(24)22-21-16(23)11(2)25-14-5-3-13(19)4-6-14/h3-9,11H,1-2H3,(H,21,23)(H,22,24)/t11-/m0/s1. The lowest BCUT2D eigenvalue weighted by Crippen LogP contribution is -2.47. The molecule has 2 aromatic heterocycles. The fraction of sp³-hybridized carbons (Fsp3) is 0.167. The van der Waals surface area contributed by atoms with Gasteiger partial charge in [-0.1, -0.05) is 0 Å². The number of benzene rings is 1. The summed E-state index contributed by atoms with van der Waals surface area (Å²) in [6.45, 7) is 3.26. The molecule has 1 aromatic carbocycles. The van der Waals surface area contributed by atoms with Crippen LogP contribution in [0.4, 0.5) is 4.39 Å². The first-order valence-electron chi connectivity index (χ1n) is 7.96. The molecule has 0 bridgehead atoms. The molecule has 2 heterocycles. The van der Waals surface area contributed by atoms with Gasteiger partial charge in [-0.3, -0.25) is 20.4 Å². The Hall–Kier alpha value is -2.78. The van der Waals surface area contributed by atoms with Crippen LogP contribution in [0, 0.1) is 12.7 Å². The first-order chi connectivity index (χ1) is 12.9. The summed E-state index contributed by atoms with van der Waals surface area (Å²) in [5.41, 5.74) is 6.24. The van der Waals surface area contributed by atoms with Crippen molar-refractivity contribution in [1.29, 1.82) is 0 Å². The number of hydrazine groups is 1. The number of hydrogen-bond donors (Lipinski definition) is 2. The number of aromatic nitrogens is 1. The molecule has 3 rings (SSSR count). The van der Waals surface area contributed by atoms with E-state index < -0.39 is 23.7 Å². The predicted octanol–water partition coefficient (Wildman–Crippen LogP) is 3.55. The molecule has 140 valence electrons. The summed E-state index contributed by atoms with van der Waals surface area (Å²) in [5, 5.41) is 4.64. The summed E-state index contributed by atoms with van der Waals surface area (Å²) < 4.78 is 18.3. The van der Waals surface area contributed by atoms with E-state index in [0.717, 1.165) is 10.6 Å². The normalized spacial score (nSPS) is 11.7. The van der Waals surface area contributed by atoms with Gasteiger partial charge in [0.05, 0.1) is 5.69 Å². The molecule has 3 aromatic rings. The molecule has 0 saturated carbocycles. The van der Waals surface area contributed by atoms with Gasteiger partial charge in [0.25, 0.3) is 11.8 Å². The Morgan fingerprint density at radius 2 is 1.93 bits per heavy atom. The van der Waals surface area contributed by atoms with Crippen LogP contribution in [0.5, 0.6) is 5.75 Å². The van der Waals surface area contributed by atoms with Crippen molar-refractivity contribution in [1.82, 2.24) is 15.8 Å². The van der Waals surface area contributed by atoms with Gasteiger partial charge >= 0.3 is 0 Å². The van der Waals surface area contributed by atoms with Gasteiger partial charge < -0.3 is 4.74 Å². The Kier molecular flexibility index (Phi) is 5.82. The minimum absolute atomic E-state index is 0.351. The zero-order chi connectivity index (χ0) is 19.4. The van der Waals surface area contributed by atoms with Crippen LogP contribution in [-0.4, -0.2) is 22.9 Å². The van der Waals surface area contributed by atoms with Gasteiger partial charge in [-0.15, -0.1) is 11.3 Å². The second-order valence-electron chi connectivity index (χ2n) is 5.60. The quantitative estimate of drug-likeness (QED) is 0.636. The van der Waals surface area contributed by atoms with Crippen molar-refractivity contribution in [2.75, 3.05) is 0 Å². The van der Waals surface area contributed by atoms with Crippen LogP contribution in [0.15, 0.2) is 41.1 Å². The molecule has 6 nitrogen and oxygen atoms in total. The van der Waals surface area contributed by atoms with E-state index in [0.29, 0.717) is 16.3 Å². The van der Waals surface area contributed by atoms with Gasteiger partial charge in [-0.05, 0) is 49.6 Å². The van der Waals surface area contributed by atoms with Gasteiger partial charge in [0.15, 0.2) is 6.10 Å². The SMILES string of the molecule is Cc1nc(-c2ccsc2)sc1C(=O)NNC(=O)[C@H](C)Oc1ccc(F)cc1. The molecule has 0 spiro atoms. The zero-order valence-electron chi connectivity index (χ0n) is 14.5. The summed E-state index contributed by atoms with van der Waals surface area (Å²) in [7, 11) is 0. The second kappa shape index (κ2) is 8.28. The maximum absolute atomic E-state index is 12.9. The number of thiazole rings is 1. The highest BCUT2D eigenvalue weighted by Crippen LogP contribution is 2.29. The minimum atomic E-state index is -0.875. The van der Waals surface area contributed by atoms with Crippen molar-refractivity contribution in [2.24, 2.45) is 0 Å². The van der Waals surface area contributed by atoms with Crippen LogP contribution in [0.2, 0.25) is 0 Å². The molecule has 9 heteroatoms. The fourth-order valence-electron chi connectivity index (χ4n) is 2.16. The highest BCUT2D eigenvalue weighted by atomic mass is 32.1. The van der Waals surface area contributed by atoms with E-state index in [1.54, 1.807) is 18.3 Å². The van der Waals surface area contributed by atoms with Crippen molar-refractivity contribution >= 4 is 34.5 Å². The topological polar surface area (TPSA) is 80.3 Å². The highest BCUT2D eigenvalue weighted by molar-refractivity contribution is 7.17. The first kappa shape index (κ1) is 19.0. The maximum Gasteiger partial charge on any atom is 0.281 e. The fourth-order valence-corrected chi connectivity index (χ4v) is 3.84. The Labute approximate surface area is 163 Å². The molecule has 2 amide bonds. The van der Waals surface area contributed by atoms with Gasteiger partial charge in [-0.25, -0.2) is 9.37 Å². The lowest BCUT2D eigenvalue weighted by molar-refractivity contribution is -0.128. The molecule has 0 saturated heterocycles. The van der Waals surface area contributed by atoms with E-state index in [9.17, 15) is 14.0 Å². The van der Waals surface area contributed by atoms with E-state index >= 15 is 0 Å². The van der Waals surface area contributed by atoms with Crippen LogP contribution < -0.4 is 15.6 Å². The molecule has 27 heavy (non-hydrogen) atoms. The van der Waals surface area contributed by atoms with Crippen LogP contribution in [0.25, 0.3) is 10.6 Å². The predicted molar refractivity (Wildman–Crippen MR) is 102 cm³/mol. The number of halogens is 1. The van der Waals surface area contributed by atoms with Crippen molar-refractivity contribution < 1.29 is 18.7 Å². The number of aryl methyl sites for hydroxylation is 1. The van der Waals surface area contributed by atoms with Crippen molar-refractivity contribution in [3.63, 3.8) is 0 Å². The Bertz CT molecular complexity index is 939. The average molecular weight is 405 g/mol. The van der Waals surface area contributed by atoms with E-state index in [1.807, 2.05) is 16.8 Å².